The standard InChI is InChI=1S/C11H9N3O2/c1-2-9(15)14-8-5-3-4-7-10(8)12-6-13-11(7)16/h2-6H,1H2,(H,14,15)(H,12,13,16). The first-order chi connectivity index (χ1) is 7.72. The molecular weight excluding hydrogens is 206 g/mol. The molecule has 0 aliphatic heterocycles. The summed E-state index contributed by atoms with van der Waals surface area (Å²) in [6.07, 6.45) is 2.46. The van der Waals surface area contributed by atoms with E-state index in [2.05, 4.69) is 21.9 Å². The molecule has 0 aliphatic rings. The first kappa shape index (κ1) is 10.1. The highest BCUT2D eigenvalue weighted by atomic mass is 16.1. The minimum Gasteiger partial charge on any atom is -0.321 e. The van der Waals surface area contributed by atoms with Crippen LogP contribution in [0.1, 0.15) is 0 Å². The van der Waals surface area contributed by atoms with Gasteiger partial charge in [-0.15, -0.1) is 0 Å². The van der Waals surface area contributed by atoms with Gasteiger partial charge in [0.1, 0.15) is 5.52 Å². The van der Waals surface area contributed by atoms with Crippen LogP contribution in [0.15, 0.2) is 42.0 Å². The average molecular weight is 215 g/mol. The lowest BCUT2D eigenvalue weighted by Crippen LogP contribution is -2.11. The number of H-pyrrole nitrogens is 1. The second-order valence-corrected chi connectivity index (χ2v) is 3.13. The number of nitrogens with zero attached hydrogens (tertiary/aromatic N) is 1. The zero-order chi connectivity index (χ0) is 11.5. The summed E-state index contributed by atoms with van der Waals surface area (Å²) < 4.78 is 0. The van der Waals surface area contributed by atoms with Gasteiger partial charge in [-0.05, 0) is 18.2 Å². The average Bonchev–Trinajstić information content (AvgIpc) is 2.30. The van der Waals surface area contributed by atoms with Crippen LogP contribution in [0.2, 0.25) is 0 Å². The number of benzene rings is 1. The van der Waals surface area contributed by atoms with E-state index in [-0.39, 0.29) is 11.5 Å². The Balaban J connectivity index is 2.62. The molecule has 0 atom stereocenters. The van der Waals surface area contributed by atoms with Gasteiger partial charge < -0.3 is 10.3 Å². The monoisotopic (exact) mass is 215 g/mol. The number of rotatable bonds is 2. The lowest BCUT2D eigenvalue weighted by molar-refractivity contribution is -0.111. The van der Waals surface area contributed by atoms with Gasteiger partial charge in [-0.1, -0.05) is 12.6 Å². The van der Waals surface area contributed by atoms with Gasteiger partial charge in [-0.25, -0.2) is 4.98 Å². The van der Waals surface area contributed by atoms with Crippen molar-refractivity contribution in [3.8, 4) is 0 Å². The third kappa shape index (κ3) is 1.70. The third-order valence-electron chi connectivity index (χ3n) is 2.11. The summed E-state index contributed by atoms with van der Waals surface area (Å²) in [6, 6.07) is 5.00. The van der Waals surface area contributed by atoms with E-state index in [4.69, 9.17) is 0 Å². The Hall–Kier alpha value is -2.43. The van der Waals surface area contributed by atoms with Crippen molar-refractivity contribution < 1.29 is 4.79 Å². The van der Waals surface area contributed by atoms with E-state index in [1.165, 1.54) is 6.33 Å². The van der Waals surface area contributed by atoms with E-state index in [0.717, 1.165) is 6.08 Å². The summed E-state index contributed by atoms with van der Waals surface area (Å²) >= 11 is 0. The van der Waals surface area contributed by atoms with Crippen molar-refractivity contribution in [1.29, 1.82) is 0 Å². The molecule has 0 spiro atoms. The molecule has 0 aliphatic carbocycles. The minimum atomic E-state index is -0.338. The number of carbonyl (C=O) groups excluding carboxylic acids is 1. The second-order valence-electron chi connectivity index (χ2n) is 3.13. The van der Waals surface area contributed by atoms with Crippen LogP contribution in [0, 0.1) is 0 Å². The predicted octanol–water partition coefficient (Wildman–Crippen LogP) is 1.05. The summed E-state index contributed by atoms with van der Waals surface area (Å²) in [5.74, 6) is -0.338. The summed E-state index contributed by atoms with van der Waals surface area (Å²) in [5.41, 5.74) is 0.717. The zero-order valence-corrected chi connectivity index (χ0v) is 8.36. The van der Waals surface area contributed by atoms with E-state index in [1.807, 2.05) is 0 Å². The summed E-state index contributed by atoms with van der Waals surface area (Å²) in [4.78, 5) is 29.1. The molecule has 1 heterocycles. The van der Waals surface area contributed by atoms with Crippen molar-refractivity contribution in [3.63, 3.8) is 0 Å². The molecule has 1 amide bonds. The van der Waals surface area contributed by atoms with Crippen molar-refractivity contribution in [2.75, 3.05) is 5.32 Å². The topological polar surface area (TPSA) is 74.8 Å². The highest BCUT2D eigenvalue weighted by Gasteiger charge is 2.05. The van der Waals surface area contributed by atoms with E-state index in [0.29, 0.717) is 16.6 Å². The van der Waals surface area contributed by atoms with Gasteiger partial charge in [0.25, 0.3) is 5.56 Å². The Labute approximate surface area is 90.8 Å². The first-order valence-corrected chi connectivity index (χ1v) is 4.62. The predicted molar refractivity (Wildman–Crippen MR) is 61.2 cm³/mol. The Bertz CT molecular complexity index is 616. The van der Waals surface area contributed by atoms with Crippen LogP contribution in [0.5, 0.6) is 0 Å². The van der Waals surface area contributed by atoms with Crippen molar-refractivity contribution in [3.05, 3.63) is 47.5 Å². The van der Waals surface area contributed by atoms with E-state index in [9.17, 15) is 9.59 Å². The summed E-state index contributed by atoms with van der Waals surface area (Å²) in [5, 5.41) is 3.02. The maximum absolute atomic E-state index is 11.5. The van der Waals surface area contributed by atoms with Gasteiger partial charge in [0.15, 0.2) is 0 Å². The lowest BCUT2D eigenvalue weighted by Gasteiger charge is -2.04. The number of carbonyl (C=O) groups is 1. The van der Waals surface area contributed by atoms with Crippen LogP contribution in [0.4, 0.5) is 5.69 Å². The molecule has 1 aromatic heterocycles. The van der Waals surface area contributed by atoms with Crippen LogP contribution < -0.4 is 10.9 Å². The molecule has 1 aromatic carbocycles. The van der Waals surface area contributed by atoms with Crippen LogP contribution in [-0.4, -0.2) is 15.9 Å². The van der Waals surface area contributed by atoms with Crippen molar-refractivity contribution in [2.45, 2.75) is 0 Å². The van der Waals surface area contributed by atoms with Gasteiger partial charge in [-0.2, -0.15) is 0 Å². The van der Waals surface area contributed by atoms with Gasteiger partial charge in [0.05, 0.1) is 17.4 Å². The van der Waals surface area contributed by atoms with Crippen molar-refractivity contribution >= 4 is 22.5 Å². The number of anilines is 1. The largest absolute Gasteiger partial charge is 0.321 e. The fourth-order valence-electron chi connectivity index (χ4n) is 1.38. The molecule has 2 aromatic rings. The first-order valence-electron chi connectivity index (χ1n) is 4.62. The van der Waals surface area contributed by atoms with Crippen molar-refractivity contribution in [1.82, 2.24) is 9.97 Å². The summed E-state index contributed by atoms with van der Waals surface area (Å²) in [6.45, 7) is 3.35. The second kappa shape index (κ2) is 3.98. The zero-order valence-electron chi connectivity index (χ0n) is 8.36. The fraction of sp³-hybridized carbons (Fsp3) is 0. The van der Waals surface area contributed by atoms with Gasteiger partial charge in [-0.3, -0.25) is 9.59 Å². The molecule has 16 heavy (non-hydrogen) atoms. The molecule has 80 valence electrons. The normalized spacial score (nSPS) is 10.0. The molecule has 0 saturated carbocycles. The number of aromatic nitrogens is 2. The molecular formula is C11H9N3O2. The number of fused-ring (bicyclic) bond motifs is 1. The van der Waals surface area contributed by atoms with E-state index >= 15 is 0 Å². The van der Waals surface area contributed by atoms with Crippen LogP contribution >= 0.6 is 0 Å². The SMILES string of the molecule is C=CC(=O)Nc1cccc2c(=O)[nH]cnc12. The smallest absolute Gasteiger partial charge is 0.258 e. The number of hydrogen-bond acceptors (Lipinski definition) is 3. The highest BCUT2D eigenvalue weighted by molar-refractivity contribution is 6.04. The maximum Gasteiger partial charge on any atom is 0.258 e. The van der Waals surface area contributed by atoms with Crippen molar-refractivity contribution in [2.24, 2.45) is 0 Å². The Morgan fingerprint density at radius 1 is 1.50 bits per heavy atom. The molecule has 0 fully saturated rings. The van der Waals surface area contributed by atoms with E-state index in [1.54, 1.807) is 18.2 Å². The quantitative estimate of drug-likeness (QED) is 0.735. The van der Waals surface area contributed by atoms with E-state index < -0.39 is 0 Å². The van der Waals surface area contributed by atoms with Gasteiger partial charge in [0, 0.05) is 0 Å². The Morgan fingerprint density at radius 3 is 3.06 bits per heavy atom. The maximum atomic E-state index is 11.5. The highest BCUT2D eigenvalue weighted by Crippen LogP contribution is 2.17. The molecule has 2 rings (SSSR count). The van der Waals surface area contributed by atoms with Gasteiger partial charge in [0.2, 0.25) is 5.91 Å². The molecule has 0 bridgehead atoms. The molecule has 5 heteroatoms. The number of hydrogen-bond donors (Lipinski definition) is 2. The molecule has 0 radical (unpaired) electrons. The van der Waals surface area contributed by atoms with Crippen LogP contribution in [0.25, 0.3) is 10.9 Å². The van der Waals surface area contributed by atoms with Gasteiger partial charge >= 0.3 is 0 Å². The summed E-state index contributed by atoms with van der Waals surface area (Å²) in [7, 11) is 0. The minimum absolute atomic E-state index is 0.236. The number of amides is 1. The molecule has 2 N–H and O–H groups in total. The number of para-hydroxylation sites is 1. The number of nitrogens with one attached hydrogen (secondary N) is 2. The molecule has 0 saturated heterocycles. The Morgan fingerprint density at radius 2 is 2.31 bits per heavy atom. The van der Waals surface area contributed by atoms with Crippen LogP contribution in [-0.2, 0) is 4.79 Å². The molecule has 0 unspecified atom stereocenters. The lowest BCUT2D eigenvalue weighted by atomic mass is 10.2. The number of aromatic amines is 1. The Kier molecular flexibility index (Phi) is 2.51. The van der Waals surface area contributed by atoms with Crippen LogP contribution in [0.3, 0.4) is 0 Å². The molecule has 5 nitrogen and oxygen atoms in total. The third-order valence-corrected chi connectivity index (χ3v) is 2.11. The fourth-order valence-corrected chi connectivity index (χ4v) is 1.38.